The molecule has 8 heteroatoms. The van der Waals surface area contributed by atoms with E-state index in [0.29, 0.717) is 22.9 Å². The summed E-state index contributed by atoms with van der Waals surface area (Å²) in [6.07, 6.45) is -0.225. The first-order chi connectivity index (χ1) is 13.7. The maximum atomic E-state index is 12.9. The molecule has 2 heterocycles. The van der Waals surface area contributed by atoms with Crippen LogP contribution in [-0.4, -0.2) is 32.4 Å². The average Bonchev–Trinajstić information content (AvgIpc) is 3.21. The molecule has 4 aromatic rings. The van der Waals surface area contributed by atoms with Gasteiger partial charge in [-0.15, -0.1) is 5.10 Å². The van der Waals surface area contributed by atoms with Crippen molar-refractivity contribution >= 4 is 39.6 Å². The molecule has 28 heavy (non-hydrogen) atoms. The molecule has 0 radical (unpaired) electrons. The summed E-state index contributed by atoms with van der Waals surface area (Å²) >= 11 is 0. The van der Waals surface area contributed by atoms with Gasteiger partial charge in [0, 0.05) is 16.6 Å². The van der Waals surface area contributed by atoms with E-state index in [1.165, 1.54) is 0 Å². The predicted molar refractivity (Wildman–Crippen MR) is 104 cm³/mol. The molecule has 8 nitrogen and oxygen atoms in total. The van der Waals surface area contributed by atoms with Crippen molar-refractivity contribution in [1.29, 1.82) is 0 Å². The number of H-pyrrole nitrogens is 1. The molecular weight excluding hydrogens is 356 g/mol. The van der Waals surface area contributed by atoms with Crippen molar-refractivity contribution in [3.63, 3.8) is 0 Å². The number of aromatic amines is 1. The van der Waals surface area contributed by atoms with Crippen LogP contribution in [-0.2, 0) is 9.59 Å². The van der Waals surface area contributed by atoms with Gasteiger partial charge in [-0.1, -0.05) is 30.3 Å². The SMILES string of the molecule is O=C1CC(=O)N(c2ccc(-c3nnn[nH]3)cc2)c2ccc3ccccc3c2N1. The fourth-order valence-corrected chi connectivity index (χ4v) is 3.45. The minimum Gasteiger partial charge on any atom is -0.323 e. The Labute approximate surface area is 159 Å². The number of fused-ring (bicyclic) bond motifs is 3. The summed E-state index contributed by atoms with van der Waals surface area (Å²) in [7, 11) is 0. The molecule has 1 aliphatic rings. The lowest BCUT2D eigenvalue weighted by Crippen LogP contribution is -2.26. The van der Waals surface area contributed by atoms with Gasteiger partial charge in [-0.25, -0.2) is 5.10 Å². The van der Waals surface area contributed by atoms with E-state index >= 15 is 0 Å². The summed E-state index contributed by atoms with van der Waals surface area (Å²) in [5.41, 5.74) is 2.74. The normalized spacial score (nSPS) is 13.9. The maximum Gasteiger partial charge on any atom is 0.241 e. The van der Waals surface area contributed by atoms with Crippen LogP contribution >= 0.6 is 0 Å². The van der Waals surface area contributed by atoms with Crippen molar-refractivity contribution in [2.24, 2.45) is 0 Å². The smallest absolute Gasteiger partial charge is 0.241 e. The van der Waals surface area contributed by atoms with E-state index in [4.69, 9.17) is 0 Å². The van der Waals surface area contributed by atoms with Crippen LogP contribution in [0.4, 0.5) is 17.1 Å². The lowest BCUT2D eigenvalue weighted by atomic mass is 10.1. The van der Waals surface area contributed by atoms with E-state index in [2.05, 4.69) is 25.9 Å². The maximum absolute atomic E-state index is 12.9. The molecule has 0 bridgehead atoms. The van der Waals surface area contributed by atoms with Gasteiger partial charge >= 0.3 is 0 Å². The van der Waals surface area contributed by atoms with E-state index < -0.39 is 0 Å². The van der Waals surface area contributed by atoms with Crippen molar-refractivity contribution in [3.05, 3.63) is 60.7 Å². The highest BCUT2D eigenvalue weighted by molar-refractivity contribution is 6.21. The molecular formula is C20H14N6O2. The quantitative estimate of drug-likeness (QED) is 0.528. The van der Waals surface area contributed by atoms with Gasteiger partial charge in [0.25, 0.3) is 0 Å². The molecule has 0 atom stereocenters. The standard InChI is InChI=1S/C20H14N6O2/c27-17-11-18(28)26(14-8-5-13(6-9-14)20-22-24-25-23-20)16-10-7-12-3-1-2-4-15(12)19(16)21-17/h1-10H,11H2,(H,21,27)(H,22,23,24,25). The van der Waals surface area contributed by atoms with Crippen molar-refractivity contribution in [1.82, 2.24) is 20.6 Å². The second kappa shape index (κ2) is 6.27. The van der Waals surface area contributed by atoms with E-state index in [1.807, 2.05) is 60.7 Å². The molecule has 5 rings (SSSR count). The number of nitrogens with one attached hydrogen (secondary N) is 2. The highest BCUT2D eigenvalue weighted by Crippen LogP contribution is 2.40. The molecule has 0 fully saturated rings. The minimum atomic E-state index is -0.325. The molecule has 0 saturated carbocycles. The zero-order chi connectivity index (χ0) is 19.1. The molecule has 136 valence electrons. The number of benzene rings is 3. The van der Waals surface area contributed by atoms with Gasteiger partial charge in [0.05, 0.1) is 11.4 Å². The van der Waals surface area contributed by atoms with Gasteiger partial charge in [-0.05, 0) is 46.1 Å². The van der Waals surface area contributed by atoms with E-state index in [9.17, 15) is 9.59 Å². The van der Waals surface area contributed by atoms with Crippen LogP contribution in [0.2, 0.25) is 0 Å². The minimum absolute atomic E-state index is 0.225. The zero-order valence-electron chi connectivity index (χ0n) is 14.6. The van der Waals surface area contributed by atoms with Crippen molar-refractivity contribution < 1.29 is 9.59 Å². The van der Waals surface area contributed by atoms with E-state index in [-0.39, 0.29) is 18.2 Å². The Morgan fingerprint density at radius 2 is 1.75 bits per heavy atom. The Bertz CT molecular complexity index is 1200. The van der Waals surface area contributed by atoms with Crippen LogP contribution in [0.15, 0.2) is 60.7 Å². The average molecular weight is 370 g/mol. The fourth-order valence-electron chi connectivity index (χ4n) is 3.45. The first-order valence-electron chi connectivity index (χ1n) is 8.69. The van der Waals surface area contributed by atoms with Crippen molar-refractivity contribution in [2.45, 2.75) is 6.42 Å². The van der Waals surface area contributed by atoms with Crippen LogP contribution < -0.4 is 10.2 Å². The third-order valence-electron chi connectivity index (χ3n) is 4.72. The highest BCUT2D eigenvalue weighted by Gasteiger charge is 2.28. The molecule has 0 unspecified atom stereocenters. The van der Waals surface area contributed by atoms with Gasteiger partial charge in [-0.2, -0.15) is 0 Å². The van der Waals surface area contributed by atoms with E-state index in [0.717, 1.165) is 16.3 Å². The van der Waals surface area contributed by atoms with Crippen molar-refractivity contribution in [2.75, 3.05) is 10.2 Å². The first-order valence-corrected chi connectivity index (χ1v) is 8.69. The van der Waals surface area contributed by atoms with E-state index in [1.54, 1.807) is 4.90 Å². The number of hydrogen-bond acceptors (Lipinski definition) is 5. The Morgan fingerprint density at radius 1 is 0.929 bits per heavy atom. The number of amides is 2. The third-order valence-corrected chi connectivity index (χ3v) is 4.72. The number of nitrogens with zero attached hydrogens (tertiary/aromatic N) is 4. The zero-order valence-corrected chi connectivity index (χ0v) is 14.6. The summed E-state index contributed by atoms with van der Waals surface area (Å²) < 4.78 is 0. The molecule has 0 saturated heterocycles. The largest absolute Gasteiger partial charge is 0.323 e. The molecule has 2 N–H and O–H groups in total. The monoisotopic (exact) mass is 370 g/mol. The summed E-state index contributed by atoms with van der Waals surface area (Å²) in [4.78, 5) is 26.7. The van der Waals surface area contributed by atoms with Crippen LogP contribution in [0.5, 0.6) is 0 Å². The predicted octanol–water partition coefficient (Wildman–Crippen LogP) is 3.03. The third kappa shape index (κ3) is 2.59. The van der Waals surface area contributed by atoms with Gasteiger partial charge in [0.15, 0.2) is 5.82 Å². The van der Waals surface area contributed by atoms with Crippen LogP contribution in [0.25, 0.3) is 22.2 Å². The van der Waals surface area contributed by atoms with Crippen LogP contribution in [0.1, 0.15) is 6.42 Å². The number of hydrogen-bond donors (Lipinski definition) is 2. The van der Waals surface area contributed by atoms with Gasteiger partial charge in [0.2, 0.25) is 11.8 Å². The number of anilines is 3. The number of aromatic nitrogens is 4. The second-order valence-corrected chi connectivity index (χ2v) is 6.43. The topological polar surface area (TPSA) is 104 Å². The highest BCUT2D eigenvalue weighted by atomic mass is 16.2. The Balaban J connectivity index is 1.66. The number of tetrazole rings is 1. The molecule has 3 aromatic carbocycles. The van der Waals surface area contributed by atoms with Crippen molar-refractivity contribution in [3.8, 4) is 11.4 Å². The van der Waals surface area contributed by atoms with Gasteiger partial charge in [0.1, 0.15) is 6.42 Å². The van der Waals surface area contributed by atoms with Gasteiger partial charge < -0.3 is 5.32 Å². The molecule has 0 aliphatic carbocycles. The van der Waals surface area contributed by atoms with Crippen LogP contribution in [0.3, 0.4) is 0 Å². The Morgan fingerprint density at radius 3 is 2.54 bits per heavy atom. The number of carbonyl (C=O) groups is 2. The Kier molecular flexibility index (Phi) is 3.61. The fraction of sp³-hybridized carbons (Fsp3) is 0.0500. The number of rotatable bonds is 2. The molecule has 2 amide bonds. The molecule has 1 aromatic heterocycles. The lowest BCUT2D eigenvalue weighted by Gasteiger charge is -2.23. The summed E-state index contributed by atoms with van der Waals surface area (Å²) in [5, 5.41) is 18.5. The lowest BCUT2D eigenvalue weighted by molar-refractivity contribution is -0.124. The number of carbonyl (C=O) groups excluding carboxylic acids is 2. The molecule has 1 aliphatic heterocycles. The van der Waals surface area contributed by atoms with Gasteiger partial charge in [-0.3, -0.25) is 14.5 Å². The molecule has 0 spiro atoms. The summed E-state index contributed by atoms with van der Waals surface area (Å²) in [6.45, 7) is 0. The summed E-state index contributed by atoms with van der Waals surface area (Å²) in [5.74, 6) is -0.0768. The second-order valence-electron chi connectivity index (χ2n) is 6.43. The Hall–Kier alpha value is -4.07. The summed E-state index contributed by atoms with van der Waals surface area (Å²) in [6, 6.07) is 18.8. The van der Waals surface area contributed by atoms with Crippen LogP contribution in [0, 0.1) is 0 Å². The first kappa shape index (κ1) is 16.1.